The molecular weight excluding hydrogens is 353 g/mol. The second-order valence-electron chi connectivity index (χ2n) is 4.38. The second kappa shape index (κ2) is 4.18. The highest BCUT2D eigenvalue weighted by atomic mass is 79.9. The lowest BCUT2D eigenvalue weighted by atomic mass is 9.98. The molecule has 0 aliphatic carbocycles. The van der Waals surface area contributed by atoms with Gasteiger partial charge in [0.2, 0.25) is 3.78 Å². The lowest BCUT2D eigenvalue weighted by Crippen LogP contribution is -2.68. The van der Waals surface area contributed by atoms with Gasteiger partial charge in [-0.25, -0.2) is 4.79 Å². The number of alkyl halides is 3. The van der Waals surface area contributed by atoms with E-state index in [2.05, 4.69) is 15.9 Å². The summed E-state index contributed by atoms with van der Waals surface area (Å²) in [6.45, 7) is 3.76. The van der Waals surface area contributed by atoms with Crippen LogP contribution in [0.5, 0.6) is 0 Å². The fourth-order valence-corrected chi connectivity index (χ4v) is 4.74. The van der Waals surface area contributed by atoms with Crippen molar-refractivity contribution >= 4 is 62.8 Å². The topological polar surface area (TPSA) is 46.6 Å². The van der Waals surface area contributed by atoms with E-state index in [1.54, 1.807) is 0 Å². The number of thioether (sulfide) groups is 1. The number of ether oxygens (including phenoxy) is 1. The van der Waals surface area contributed by atoms with Gasteiger partial charge in [-0.2, -0.15) is 0 Å². The van der Waals surface area contributed by atoms with Crippen LogP contribution >= 0.6 is 50.9 Å². The van der Waals surface area contributed by atoms with Gasteiger partial charge in [0, 0.05) is 4.75 Å². The number of rotatable bonds is 2. The van der Waals surface area contributed by atoms with Gasteiger partial charge in [-0.1, -0.05) is 39.1 Å². The molecule has 0 N–H and O–H groups in total. The molecule has 3 atom stereocenters. The van der Waals surface area contributed by atoms with E-state index in [-0.39, 0.29) is 17.3 Å². The van der Waals surface area contributed by atoms with Crippen molar-refractivity contribution < 1.29 is 14.3 Å². The molecule has 96 valence electrons. The van der Waals surface area contributed by atoms with Crippen LogP contribution in [0.3, 0.4) is 0 Å². The average molecular weight is 363 g/mol. The van der Waals surface area contributed by atoms with Crippen molar-refractivity contribution in [3.05, 3.63) is 0 Å². The summed E-state index contributed by atoms with van der Waals surface area (Å²) in [5.74, 6) is -0.799. The lowest BCUT2D eigenvalue weighted by Gasteiger charge is -2.46. The van der Waals surface area contributed by atoms with Crippen molar-refractivity contribution in [1.82, 2.24) is 4.90 Å². The molecule has 2 aliphatic rings. The molecule has 2 heterocycles. The number of fused-ring (bicyclic) bond motifs is 1. The Labute approximate surface area is 121 Å². The largest absolute Gasteiger partial charge is 0.448 e. The van der Waals surface area contributed by atoms with Gasteiger partial charge < -0.3 is 9.64 Å². The van der Waals surface area contributed by atoms with E-state index in [0.717, 1.165) is 0 Å². The fraction of sp³-hybridized carbons (Fsp3) is 0.778. The normalized spacial score (nSPS) is 38.6. The molecule has 4 nitrogen and oxygen atoms in total. The Bertz CT molecular complexity index is 390. The third-order valence-corrected chi connectivity index (χ3v) is 6.17. The maximum absolute atomic E-state index is 11.9. The maximum Gasteiger partial charge on any atom is 0.331 e. The molecule has 0 radical (unpaired) electrons. The first-order chi connectivity index (χ1) is 7.73. The van der Waals surface area contributed by atoms with Crippen LogP contribution in [-0.2, 0) is 14.3 Å². The summed E-state index contributed by atoms with van der Waals surface area (Å²) in [6, 6.07) is -0.864. The molecule has 0 saturated carbocycles. The first-order valence-electron chi connectivity index (χ1n) is 4.84. The van der Waals surface area contributed by atoms with Crippen LogP contribution in [0, 0.1) is 0 Å². The molecule has 2 aliphatic heterocycles. The first-order valence-corrected chi connectivity index (χ1v) is 7.43. The van der Waals surface area contributed by atoms with E-state index >= 15 is 0 Å². The Morgan fingerprint density at radius 2 is 2.24 bits per heavy atom. The molecule has 0 aromatic heterocycles. The minimum atomic E-state index is -1.11. The Morgan fingerprint density at radius 1 is 1.65 bits per heavy atom. The van der Waals surface area contributed by atoms with Gasteiger partial charge in [0.15, 0.2) is 6.07 Å². The molecule has 0 spiro atoms. The number of carbonyl (C=O) groups excluding carboxylic acids is 2. The van der Waals surface area contributed by atoms with Crippen LogP contribution < -0.4 is 0 Å². The SMILES string of the molecule is CC1(C)S[C@H]2N(C(=O)[C@@]2(Cl)Br)[C@H]1C(=O)OCCl. The number of esters is 1. The predicted octanol–water partition coefficient (Wildman–Crippen LogP) is 2.12. The molecule has 1 amide bonds. The molecule has 0 bridgehead atoms. The number of carbonyl (C=O) groups is 2. The third-order valence-electron chi connectivity index (χ3n) is 2.85. The second-order valence-corrected chi connectivity index (χ2v) is 8.64. The standard InChI is InChI=1S/C9H10BrCl2NO3S/c1-8(2)4(5(14)16-3-11)13-6(15)9(10,12)7(13)17-8/h4,7H,3H2,1-2H3/t4-,7+,9-/m0/s1. The number of β-lactam (4-membered cyclic amide) rings is 1. The Morgan fingerprint density at radius 3 is 2.76 bits per heavy atom. The summed E-state index contributed by atoms with van der Waals surface area (Å²) in [4.78, 5) is 25.2. The molecule has 2 saturated heterocycles. The van der Waals surface area contributed by atoms with E-state index in [9.17, 15) is 9.59 Å². The molecule has 2 fully saturated rings. The Balaban J connectivity index is 2.28. The molecule has 8 heteroatoms. The molecule has 0 unspecified atom stereocenters. The Hall–Kier alpha value is 0.350. The third kappa shape index (κ3) is 1.88. The maximum atomic E-state index is 11.9. The van der Waals surface area contributed by atoms with Crippen LogP contribution in [-0.4, -0.2) is 42.8 Å². The smallest absolute Gasteiger partial charge is 0.331 e. The zero-order valence-electron chi connectivity index (χ0n) is 9.08. The van der Waals surface area contributed by atoms with Gasteiger partial charge >= 0.3 is 5.97 Å². The van der Waals surface area contributed by atoms with Crippen LogP contribution in [0.1, 0.15) is 13.8 Å². The number of nitrogens with zero attached hydrogens (tertiary/aromatic N) is 1. The summed E-state index contributed by atoms with van der Waals surface area (Å²) >= 11 is 16.1. The summed E-state index contributed by atoms with van der Waals surface area (Å²) in [6.07, 6.45) is 0. The summed E-state index contributed by atoms with van der Waals surface area (Å²) in [7, 11) is 0. The molecule has 2 rings (SSSR count). The lowest BCUT2D eigenvalue weighted by molar-refractivity contribution is -0.160. The molecular formula is C9H10BrCl2NO3S. The van der Waals surface area contributed by atoms with Gasteiger partial charge in [0.25, 0.3) is 5.91 Å². The van der Waals surface area contributed by atoms with Crippen molar-refractivity contribution in [2.45, 2.75) is 33.8 Å². The number of amides is 1. The summed E-state index contributed by atoms with van der Waals surface area (Å²) in [5.41, 5.74) is 0. The van der Waals surface area contributed by atoms with Crippen LogP contribution in [0.2, 0.25) is 0 Å². The zero-order valence-corrected chi connectivity index (χ0v) is 13.0. The molecule has 0 aromatic rings. The number of hydrogen-bond acceptors (Lipinski definition) is 4. The van der Waals surface area contributed by atoms with Crippen LogP contribution in [0.25, 0.3) is 0 Å². The first kappa shape index (κ1) is 13.8. The quantitative estimate of drug-likeness (QED) is 0.429. The van der Waals surface area contributed by atoms with Crippen LogP contribution in [0.4, 0.5) is 0 Å². The van der Waals surface area contributed by atoms with Gasteiger partial charge in [-0.15, -0.1) is 11.8 Å². The van der Waals surface area contributed by atoms with E-state index in [0.29, 0.717) is 0 Å². The van der Waals surface area contributed by atoms with Gasteiger partial charge in [0.1, 0.15) is 11.4 Å². The van der Waals surface area contributed by atoms with Gasteiger partial charge in [-0.05, 0) is 13.8 Å². The Kier molecular flexibility index (Phi) is 3.39. The van der Waals surface area contributed by atoms with Crippen molar-refractivity contribution in [1.29, 1.82) is 0 Å². The van der Waals surface area contributed by atoms with Crippen LogP contribution in [0.15, 0.2) is 0 Å². The highest BCUT2D eigenvalue weighted by Gasteiger charge is 2.70. The van der Waals surface area contributed by atoms with E-state index in [4.69, 9.17) is 27.9 Å². The minimum absolute atomic E-state index is 0.219. The van der Waals surface area contributed by atoms with E-state index in [1.807, 2.05) is 13.8 Å². The summed E-state index contributed by atoms with van der Waals surface area (Å²) < 4.78 is 3.23. The summed E-state index contributed by atoms with van der Waals surface area (Å²) in [5, 5.41) is -0.264. The predicted molar refractivity (Wildman–Crippen MR) is 70.4 cm³/mol. The number of hydrogen-bond donors (Lipinski definition) is 0. The highest BCUT2D eigenvalue weighted by molar-refractivity contribution is 9.11. The van der Waals surface area contributed by atoms with E-state index in [1.165, 1.54) is 16.7 Å². The molecule has 17 heavy (non-hydrogen) atoms. The minimum Gasteiger partial charge on any atom is -0.448 e. The van der Waals surface area contributed by atoms with Crippen molar-refractivity contribution in [3.63, 3.8) is 0 Å². The molecule has 0 aromatic carbocycles. The van der Waals surface area contributed by atoms with Gasteiger partial charge in [-0.3, -0.25) is 4.79 Å². The highest BCUT2D eigenvalue weighted by Crippen LogP contribution is 2.59. The zero-order chi connectivity index (χ0) is 13.0. The number of halogens is 3. The van der Waals surface area contributed by atoms with Crippen molar-refractivity contribution in [2.24, 2.45) is 0 Å². The fourth-order valence-electron chi connectivity index (χ4n) is 2.09. The van der Waals surface area contributed by atoms with E-state index < -0.39 is 20.5 Å². The van der Waals surface area contributed by atoms with Crippen molar-refractivity contribution in [3.8, 4) is 0 Å². The monoisotopic (exact) mass is 361 g/mol. The van der Waals surface area contributed by atoms with Crippen molar-refractivity contribution in [2.75, 3.05) is 6.07 Å². The van der Waals surface area contributed by atoms with Gasteiger partial charge in [0.05, 0.1) is 0 Å². The average Bonchev–Trinajstić information content (AvgIpc) is 2.48.